The lowest BCUT2D eigenvalue weighted by molar-refractivity contribution is 0.399. The van der Waals surface area contributed by atoms with Crippen molar-refractivity contribution in [2.45, 2.75) is 45.2 Å². The Kier molecular flexibility index (Phi) is 5.94. The maximum Gasteiger partial charge on any atom is 0.257 e. The summed E-state index contributed by atoms with van der Waals surface area (Å²) in [5.74, 6) is 0. The number of aromatic amines is 1. The molecule has 0 bridgehead atoms. The molecular weight excluding hydrogens is 300 g/mol. The van der Waals surface area contributed by atoms with E-state index in [0.29, 0.717) is 10.5 Å². The van der Waals surface area contributed by atoms with Gasteiger partial charge in [0.15, 0.2) is 0 Å². The summed E-state index contributed by atoms with van der Waals surface area (Å²) in [7, 11) is 0. The van der Waals surface area contributed by atoms with E-state index in [2.05, 4.69) is 29.1 Å². The quantitative estimate of drug-likeness (QED) is 0.759. The molecule has 0 spiro atoms. The molecule has 0 radical (unpaired) electrons. The van der Waals surface area contributed by atoms with Crippen LogP contribution in [0.3, 0.4) is 0 Å². The van der Waals surface area contributed by atoms with Gasteiger partial charge in [0.1, 0.15) is 5.15 Å². The number of pyridine rings is 2. The lowest BCUT2D eigenvalue weighted by Crippen LogP contribution is -2.39. The van der Waals surface area contributed by atoms with E-state index in [9.17, 15) is 4.79 Å². The minimum Gasteiger partial charge on any atom is -0.328 e. The van der Waals surface area contributed by atoms with Crippen molar-refractivity contribution in [2.75, 3.05) is 6.54 Å². The maximum atomic E-state index is 11.6. The van der Waals surface area contributed by atoms with Crippen molar-refractivity contribution in [3.8, 4) is 0 Å². The third-order valence-electron chi connectivity index (χ3n) is 3.85. The molecule has 0 saturated carbocycles. The number of hydrogen-bond donors (Lipinski definition) is 3. The molecule has 22 heavy (non-hydrogen) atoms. The number of rotatable bonds is 3. The molecule has 3 heterocycles. The van der Waals surface area contributed by atoms with E-state index in [4.69, 9.17) is 17.3 Å². The van der Waals surface area contributed by atoms with Gasteiger partial charge in [-0.25, -0.2) is 4.98 Å². The van der Waals surface area contributed by atoms with Gasteiger partial charge in [-0.15, -0.1) is 0 Å². The zero-order valence-corrected chi connectivity index (χ0v) is 13.8. The van der Waals surface area contributed by atoms with E-state index >= 15 is 0 Å². The second-order valence-electron chi connectivity index (χ2n) is 5.66. The zero-order valence-electron chi connectivity index (χ0n) is 13.0. The third kappa shape index (κ3) is 4.06. The van der Waals surface area contributed by atoms with Crippen LogP contribution in [-0.4, -0.2) is 22.6 Å². The molecule has 0 amide bonds. The van der Waals surface area contributed by atoms with Crippen molar-refractivity contribution in [1.82, 2.24) is 15.3 Å². The van der Waals surface area contributed by atoms with Crippen molar-refractivity contribution in [3.05, 3.63) is 39.5 Å². The van der Waals surface area contributed by atoms with Gasteiger partial charge >= 0.3 is 0 Å². The number of nitrogens with one attached hydrogen (secondary N) is 2. The minimum absolute atomic E-state index is 0.0992. The Labute approximate surface area is 135 Å². The van der Waals surface area contributed by atoms with Crippen LogP contribution in [0.4, 0.5) is 0 Å². The Morgan fingerprint density at radius 3 is 2.73 bits per heavy atom. The molecule has 1 aliphatic heterocycles. The van der Waals surface area contributed by atoms with Gasteiger partial charge in [0.25, 0.3) is 5.56 Å². The number of nitrogens with two attached hydrogens (primary N) is 1. The summed E-state index contributed by atoms with van der Waals surface area (Å²) in [6, 6.07) is 2.41. The Morgan fingerprint density at radius 1 is 1.50 bits per heavy atom. The van der Waals surface area contributed by atoms with Crippen LogP contribution in [0, 0.1) is 0 Å². The van der Waals surface area contributed by atoms with E-state index in [1.807, 2.05) is 0 Å². The van der Waals surface area contributed by atoms with Gasteiger partial charge in [-0.2, -0.15) is 0 Å². The summed E-state index contributed by atoms with van der Waals surface area (Å²) in [6.45, 7) is 5.51. The van der Waals surface area contributed by atoms with Crippen LogP contribution >= 0.6 is 11.6 Å². The number of hydrogen-bond acceptors (Lipinski definition) is 4. The highest BCUT2D eigenvalue weighted by atomic mass is 35.5. The molecule has 120 valence electrons. The van der Waals surface area contributed by atoms with E-state index in [1.54, 1.807) is 12.3 Å². The molecule has 2 atom stereocenters. The minimum atomic E-state index is -0.170. The molecule has 0 aliphatic carbocycles. The van der Waals surface area contributed by atoms with E-state index < -0.39 is 0 Å². The standard InChI is InChI=1S/C12H14ClN3O.C4H9N/c1-2-3-10(14)8-5-16-12(17)9-6-15-11(13)4-7(8)9;1-4-2-3-5-4/h4-6,10H,2-3,14H2,1H3,(H,16,17);4-5H,2-3H2,1H3. The average Bonchev–Trinajstić information content (AvgIpc) is 2.46. The van der Waals surface area contributed by atoms with Crippen LogP contribution in [-0.2, 0) is 0 Å². The fourth-order valence-corrected chi connectivity index (χ4v) is 2.51. The number of fused-ring (bicyclic) bond motifs is 1. The van der Waals surface area contributed by atoms with Crippen LogP contribution < -0.4 is 16.6 Å². The first-order valence-corrected chi connectivity index (χ1v) is 8.06. The predicted octanol–water partition coefficient (Wildman–Crippen LogP) is 2.74. The number of nitrogens with zero attached hydrogens (tertiary/aromatic N) is 1. The van der Waals surface area contributed by atoms with Crippen molar-refractivity contribution in [1.29, 1.82) is 0 Å². The third-order valence-corrected chi connectivity index (χ3v) is 4.06. The largest absolute Gasteiger partial charge is 0.328 e. The summed E-state index contributed by atoms with van der Waals surface area (Å²) in [6.07, 6.45) is 6.38. The van der Waals surface area contributed by atoms with E-state index in [0.717, 1.165) is 29.8 Å². The van der Waals surface area contributed by atoms with Gasteiger partial charge < -0.3 is 16.0 Å². The Hall–Kier alpha value is -1.43. The first kappa shape index (κ1) is 16.9. The monoisotopic (exact) mass is 322 g/mol. The summed E-state index contributed by atoms with van der Waals surface area (Å²) in [4.78, 5) is 18.2. The Bertz CT molecular complexity index is 681. The summed E-state index contributed by atoms with van der Waals surface area (Å²) in [5, 5.41) is 4.89. The molecule has 6 heteroatoms. The second kappa shape index (κ2) is 7.72. The fraction of sp³-hybridized carbons (Fsp3) is 0.500. The SMILES string of the molecule is CC1CCN1.CCCC(N)c1c[nH]c(=O)c2cnc(Cl)cc12. The molecule has 0 aromatic carbocycles. The molecule has 1 fully saturated rings. The van der Waals surface area contributed by atoms with Crippen molar-refractivity contribution >= 4 is 22.4 Å². The first-order valence-electron chi connectivity index (χ1n) is 7.68. The van der Waals surface area contributed by atoms with Gasteiger partial charge in [-0.1, -0.05) is 24.9 Å². The molecule has 3 rings (SSSR count). The van der Waals surface area contributed by atoms with Crippen LogP contribution in [0.25, 0.3) is 10.8 Å². The predicted molar refractivity (Wildman–Crippen MR) is 91.3 cm³/mol. The van der Waals surface area contributed by atoms with Gasteiger partial charge in [-0.05, 0) is 43.3 Å². The van der Waals surface area contributed by atoms with E-state index in [-0.39, 0.29) is 11.6 Å². The molecule has 4 N–H and O–H groups in total. The maximum absolute atomic E-state index is 11.6. The van der Waals surface area contributed by atoms with Gasteiger partial charge in [0.05, 0.1) is 5.39 Å². The molecular formula is C16H23ClN4O. The summed E-state index contributed by atoms with van der Waals surface area (Å²) < 4.78 is 0. The van der Waals surface area contributed by atoms with Gasteiger partial charge in [-0.3, -0.25) is 4.79 Å². The first-order chi connectivity index (χ1) is 10.5. The topological polar surface area (TPSA) is 83.8 Å². The van der Waals surface area contributed by atoms with Gasteiger partial charge in [0, 0.05) is 24.5 Å². The number of H-pyrrole nitrogens is 1. The highest BCUT2D eigenvalue weighted by Gasteiger charge is 2.12. The zero-order chi connectivity index (χ0) is 16.1. The molecule has 5 nitrogen and oxygen atoms in total. The van der Waals surface area contributed by atoms with Gasteiger partial charge in [0.2, 0.25) is 0 Å². The molecule has 2 aromatic rings. The Balaban J connectivity index is 0.000000299. The fourth-order valence-electron chi connectivity index (χ4n) is 2.35. The van der Waals surface area contributed by atoms with Crippen LogP contribution in [0.1, 0.15) is 44.7 Å². The molecule has 2 aromatic heterocycles. The summed E-state index contributed by atoms with van der Waals surface area (Å²) >= 11 is 5.86. The van der Waals surface area contributed by atoms with Crippen LogP contribution in [0.5, 0.6) is 0 Å². The van der Waals surface area contributed by atoms with Crippen molar-refractivity contribution in [2.24, 2.45) is 5.73 Å². The number of aromatic nitrogens is 2. The van der Waals surface area contributed by atoms with Crippen LogP contribution in [0.2, 0.25) is 5.15 Å². The molecule has 2 unspecified atom stereocenters. The van der Waals surface area contributed by atoms with Crippen molar-refractivity contribution in [3.63, 3.8) is 0 Å². The average molecular weight is 323 g/mol. The van der Waals surface area contributed by atoms with E-state index in [1.165, 1.54) is 19.2 Å². The Morgan fingerprint density at radius 2 is 2.18 bits per heavy atom. The number of halogens is 1. The second-order valence-corrected chi connectivity index (χ2v) is 6.05. The smallest absolute Gasteiger partial charge is 0.257 e. The molecule has 1 saturated heterocycles. The highest BCUT2D eigenvalue weighted by molar-refractivity contribution is 6.30. The van der Waals surface area contributed by atoms with Crippen molar-refractivity contribution < 1.29 is 0 Å². The normalized spacial score (nSPS) is 18.3. The molecule has 1 aliphatic rings. The summed E-state index contributed by atoms with van der Waals surface area (Å²) in [5.41, 5.74) is 6.82. The lowest BCUT2D eigenvalue weighted by atomic mass is 10.0. The van der Waals surface area contributed by atoms with Crippen LogP contribution in [0.15, 0.2) is 23.3 Å². The lowest BCUT2D eigenvalue weighted by Gasteiger charge is -2.22. The highest BCUT2D eigenvalue weighted by Crippen LogP contribution is 2.24.